The molecule has 24 heavy (non-hydrogen) atoms. The van der Waals surface area contributed by atoms with E-state index in [4.69, 9.17) is 15.2 Å². The van der Waals surface area contributed by atoms with Crippen molar-refractivity contribution in [3.63, 3.8) is 0 Å². The van der Waals surface area contributed by atoms with Crippen LogP contribution in [-0.2, 0) is 9.47 Å². The summed E-state index contributed by atoms with van der Waals surface area (Å²) in [6.07, 6.45) is -0.441. The number of nitrogens with one attached hydrogen (secondary N) is 1. The molecule has 7 nitrogen and oxygen atoms in total. The maximum absolute atomic E-state index is 12.3. The summed E-state index contributed by atoms with van der Waals surface area (Å²) in [5.41, 5.74) is 6.47. The van der Waals surface area contributed by atoms with Crippen molar-refractivity contribution in [3.05, 3.63) is 16.1 Å². The van der Waals surface area contributed by atoms with Gasteiger partial charge in [0, 0.05) is 5.38 Å². The first-order valence-corrected chi connectivity index (χ1v) is 8.76. The monoisotopic (exact) mass is 377 g/mol. The molecule has 4 N–H and O–H groups in total. The van der Waals surface area contributed by atoms with Crippen LogP contribution in [0, 0.1) is 5.92 Å². The maximum Gasteiger partial charge on any atom is 0.271 e. The molecule has 3 heterocycles. The highest BCUT2D eigenvalue weighted by Crippen LogP contribution is 2.27. The first-order chi connectivity index (χ1) is 11.0. The van der Waals surface area contributed by atoms with Crippen LogP contribution in [0.5, 0.6) is 0 Å². The van der Waals surface area contributed by atoms with Crippen molar-refractivity contribution in [1.82, 2.24) is 10.3 Å². The number of amides is 1. The largest absolute Gasteiger partial charge is 0.388 e. The van der Waals surface area contributed by atoms with Gasteiger partial charge in [0.25, 0.3) is 5.91 Å². The lowest BCUT2D eigenvalue weighted by Gasteiger charge is -2.16. The van der Waals surface area contributed by atoms with Crippen molar-refractivity contribution in [2.75, 3.05) is 13.2 Å². The van der Waals surface area contributed by atoms with Gasteiger partial charge in [-0.1, -0.05) is 13.8 Å². The first-order valence-electron chi connectivity index (χ1n) is 7.89. The van der Waals surface area contributed by atoms with E-state index < -0.39 is 6.10 Å². The number of aliphatic hydroxyl groups excluding tert-OH is 1. The van der Waals surface area contributed by atoms with Crippen LogP contribution in [0.2, 0.25) is 0 Å². The second-order valence-electron chi connectivity index (χ2n) is 6.55. The molecule has 3 rings (SSSR count). The fraction of sp³-hybridized carbons (Fsp3) is 0.733. The van der Waals surface area contributed by atoms with Crippen molar-refractivity contribution in [3.8, 4) is 0 Å². The minimum Gasteiger partial charge on any atom is -0.388 e. The molecule has 5 atom stereocenters. The van der Waals surface area contributed by atoms with E-state index in [1.54, 1.807) is 5.38 Å². The number of ether oxygens (including phenoxy) is 2. The third-order valence-corrected chi connectivity index (χ3v) is 5.12. The SMILES string of the molecule is CC(C)C[C@H](N)c1nc(C(=O)N[C@@H]2CO[C@H]3[C@@H]2OC[C@H]3O)cs1.Cl. The molecule has 136 valence electrons. The zero-order valence-corrected chi connectivity index (χ0v) is 15.3. The summed E-state index contributed by atoms with van der Waals surface area (Å²) in [5, 5.41) is 15.1. The van der Waals surface area contributed by atoms with E-state index in [1.807, 2.05) is 0 Å². The molecule has 1 amide bonds. The molecule has 0 saturated carbocycles. The topological polar surface area (TPSA) is 107 Å². The number of aromatic nitrogens is 1. The van der Waals surface area contributed by atoms with Crippen molar-refractivity contribution in [1.29, 1.82) is 0 Å². The van der Waals surface area contributed by atoms with Gasteiger partial charge in [-0.15, -0.1) is 23.7 Å². The maximum atomic E-state index is 12.3. The van der Waals surface area contributed by atoms with Gasteiger partial charge < -0.3 is 25.6 Å². The lowest BCUT2D eigenvalue weighted by atomic mass is 10.1. The Morgan fingerprint density at radius 3 is 2.88 bits per heavy atom. The van der Waals surface area contributed by atoms with E-state index >= 15 is 0 Å². The molecule has 0 unspecified atom stereocenters. The zero-order chi connectivity index (χ0) is 16.6. The normalized spacial score (nSPS) is 30.0. The second kappa shape index (κ2) is 8.07. The summed E-state index contributed by atoms with van der Waals surface area (Å²) in [7, 11) is 0. The van der Waals surface area contributed by atoms with Gasteiger partial charge in [0.15, 0.2) is 0 Å². The van der Waals surface area contributed by atoms with Crippen molar-refractivity contribution >= 4 is 29.7 Å². The number of thiazole rings is 1. The molecule has 0 spiro atoms. The number of hydrogen-bond donors (Lipinski definition) is 3. The van der Waals surface area contributed by atoms with Crippen LogP contribution in [-0.4, -0.2) is 53.6 Å². The Kier molecular flexibility index (Phi) is 6.58. The van der Waals surface area contributed by atoms with E-state index in [1.165, 1.54) is 11.3 Å². The van der Waals surface area contributed by atoms with Gasteiger partial charge in [-0.25, -0.2) is 4.98 Å². The summed E-state index contributed by atoms with van der Waals surface area (Å²) in [6, 6.07) is -0.409. The summed E-state index contributed by atoms with van der Waals surface area (Å²) in [6.45, 7) is 4.79. The number of halogens is 1. The highest BCUT2D eigenvalue weighted by molar-refractivity contribution is 7.09. The minimum absolute atomic E-state index is 0. The Morgan fingerprint density at radius 2 is 2.17 bits per heavy atom. The summed E-state index contributed by atoms with van der Waals surface area (Å²) in [5.74, 6) is 0.216. The molecule has 1 aromatic heterocycles. The molecule has 1 aromatic rings. The zero-order valence-electron chi connectivity index (χ0n) is 13.7. The number of hydrogen-bond acceptors (Lipinski definition) is 7. The Morgan fingerprint density at radius 1 is 1.46 bits per heavy atom. The van der Waals surface area contributed by atoms with Gasteiger partial charge in [0.1, 0.15) is 29.0 Å². The van der Waals surface area contributed by atoms with Crippen LogP contribution in [0.4, 0.5) is 0 Å². The Hall–Kier alpha value is -0.770. The lowest BCUT2D eigenvalue weighted by Crippen LogP contribution is -2.44. The predicted octanol–water partition coefficient (Wildman–Crippen LogP) is 0.868. The molecule has 0 aliphatic carbocycles. The number of fused-ring (bicyclic) bond motifs is 1. The molecule has 9 heteroatoms. The molecule has 2 fully saturated rings. The van der Waals surface area contributed by atoms with Gasteiger partial charge in [-0.05, 0) is 12.3 Å². The molecular weight excluding hydrogens is 354 g/mol. The second-order valence-corrected chi connectivity index (χ2v) is 7.44. The quantitative estimate of drug-likeness (QED) is 0.702. The summed E-state index contributed by atoms with van der Waals surface area (Å²) >= 11 is 1.41. The fourth-order valence-corrected chi connectivity index (χ4v) is 3.83. The third kappa shape index (κ3) is 4.07. The molecule has 0 bridgehead atoms. The highest BCUT2D eigenvalue weighted by Gasteiger charge is 2.47. The van der Waals surface area contributed by atoms with E-state index in [-0.39, 0.29) is 49.2 Å². The first kappa shape index (κ1) is 19.6. The van der Waals surface area contributed by atoms with Crippen LogP contribution in [0.1, 0.15) is 41.8 Å². The average molecular weight is 378 g/mol. The van der Waals surface area contributed by atoms with Crippen LogP contribution in [0.25, 0.3) is 0 Å². The average Bonchev–Trinajstić information content (AvgIpc) is 3.18. The van der Waals surface area contributed by atoms with E-state index in [9.17, 15) is 9.90 Å². The standard InChI is InChI=1S/C15H23N3O4S.ClH/c1-7(2)3-8(16)15-18-10(6-23-15)14(20)17-9-4-21-13-11(19)5-22-12(9)13;/h6-9,11-13,19H,3-5,16H2,1-2H3,(H,17,20);1H/t8-,9+,11+,12+,13+;/m0./s1. The van der Waals surface area contributed by atoms with Gasteiger partial charge >= 0.3 is 0 Å². The van der Waals surface area contributed by atoms with Crippen LogP contribution in [0.3, 0.4) is 0 Å². The van der Waals surface area contributed by atoms with E-state index in [0.29, 0.717) is 18.2 Å². The van der Waals surface area contributed by atoms with Crippen molar-refractivity contribution in [2.45, 2.75) is 50.7 Å². The van der Waals surface area contributed by atoms with Crippen LogP contribution >= 0.6 is 23.7 Å². The fourth-order valence-electron chi connectivity index (χ4n) is 3.02. The van der Waals surface area contributed by atoms with Gasteiger partial charge in [-0.3, -0.25) is 4.79 Å². The molecule has 2 aliphatic rings. The molecule has 2 saturated heterocycles. The third-order valence-electron chi connectivity index (χ3n) is 4.14. The predicted molar refractivity (Wildman–Crippen MR) is 92.5 cm³/mol. The molecular formula is C15H24ClN3O4S. The number of carbonyl (C=O) groups excluding carboxylic acids is 1. The van der Waals surface area contributed by atoms with Crippen molar-refractivity contribution < 1.29 is 19.4 Å². The van der Waals surface area contributed by atoms with E-state index in [2.05, 4.69) is 24.1 Å². The number of carbonyl (C=O) groups is 1. The Bertz CT molecular complexity index is 571. The number of nitrogens with two attached hydrogens (primary N) is 1. The van der Waals surface area contributed by atoms with Crippen LogP contribution in [0.15, 0.2) is 5.38 Å². The molecule has 2 aliphatic heterocycles. The van der Waals surface area contributed by atoms with Crippen LogP contribution < -0.4 is 11.1 Å². The van der Waals surface area contributed by atoms with Gasteiger partial charge in [0.05, 0.1) is 25.3 Å². The lowest BCUT2D eigenvalue weighted by molar-refractivity contribution is 0.0178. The number of rotatable bonds is 5. The Labute approximate surface area is 151 Å². The summed E-state index contributed by atoms with van der Waals surface area (Å²) < 4.78 is 11.0. The Balaban J connectivity index is 0.00000208. The molecule has 0 radical (unpaired) electrons. The van der Waals surface area contributed by atoms with E-state index in [0.717, 1.165) is 11.4 Å². The summed E-state index contributed by atoms with van der Waals surface area (Å²) in [4.78, 5) is 16.7. The minimum atomic E-state index is -0.623. The van der Waals surface area contributed by atoms with Gasteiger partial charge in [0.2, 0.25) is 0 Å². The number of aliphatic hydroxyl groups is 1. The van der Waals surface area contributed by atoms with Gasteiger partial charge in [-0.2, -0.15) is 0 Å². The smallest absolute Gasteiger partial charge is 0.271 e. The molecule has 0 aromatic carbocycles. The van der Waals surface area contributed by atoms with Crippen molar-refractivity contribution in [2.24, 2.45) is 11.7 Å². The number of nitrogens with zero attached hydrogens (tertiary/aromatic N) is 1. The highest BCUT2D eigenvalue weighted by atomic mass is 35.5.